The van der Waals surface area contributed by atoms with Crippen LogP contribution in [0, 0.1) is 6.92 Å². The molecule has 6 heteroatoms. The normalized spacial score (nSPS) is 10.6. The summed E-state index contributed by atoms with van der Waals surface area (Å²) in [4.78, 5) is 20.5. The van der Waals surface area contributed by atoms with Crippen molar-refractivity contribution in [2.24, 2.45) is 0 Å². The predicted molar refractivity (Wildman–Crippen MR) is 97.6 cm³/mol. The van der Waals surface area contributed by atoms with Crippen LogP contribution in [0.1, 0.15) is 21.6 Å². The maximum atomic E-state index is 12.0. The number of nitrogens with zero attached hydrogens (tertiary/aromatic N) is 2. The highest BCUT2D eigenvalue weighted by Crippen LogP contribution is 2.24. The molecule has 4 nitrogen and oxygen atoms in total. The molecule has 1 N–H and O–H groups in total. The minimum absolute atomic E-state index is 0.159. The van der Waals surface area contributed by atoms with Gasteiger partial charge in [0.05, 0.1) is 5.69 Å². The minimum Gasteiger partial charge on any atom is -0.352 e. The number of benzene rings is 1. The average molecular weight is 358 g/mol. The molecule has 0 saturated carbocycles. The Labute approximate surface area is 149 Å². The number of hydrogen-bond donors (Lipinski definition) is 1. The molecule has 0 unspecified atom stereocenters. The maximum absolute atomic E-state index is 12.0. The molecule has 24 heavy (non-hydrogen) atoms. The van der Waals surface area contributed by atoms with Gasteiger partial charge in [-0.25, -0.2) is 9.97 Å². The quantitative estimate of drug-likeness (QED) is 0.698. The lowest BCUT2D eigenvalue weighted by atomic mass is 10.2. The number of nitrogens with one attached hydrogen (secondary N) is 1. The van der Waals surface area contributed by atoms with Gasteiger partial charge in [-0.05, 0) is 19.1 Å². The number of amides is 1. The number of thiazole rings is 1. The zero-order chi connectivity index (χ0) is 16.9. The van der Waals surface area contributed by atoms with E-state index >= 15 is 0 Å². The van der Waals surface area contributed by atoms with Crippen LogP contribution < -0.4 is 5.32 Å². The number of aromatic nitrogens is 2. The Morgan fingerprint density at radius 1 is 1.25 bits per heavy atom. The van der Waals surface area contributed by atoms with Crippen LogP contribution in [-0.4, -0.2) is 22.4 Å². The van der Waals surface area contributed by atoms with Gasteiger partial charge < -0.3 is 5.32 Å². The highest BCUT2D eigenvalue weighted by Gasteiger charge is 2.08. The summed E-state index contributed by atoms with van der Waals surface area (Å²) in [6, 6.07) is 11.5. The molecule has 0 aliphatic heterocycles. The van der Waals surface area contributed by atoms with Crippen molar-refractivity contribution in [2.45, 2.75) is 13.3 Å². The molecular formula is C18H16ClN3OS. The van der Waals surface area contributed by atoms with Gasteiger partial charge in [-0.1, -0.05) is 41.4 Å². The van der Waals surface area contributed by atoms with Crippen molar-refractivity contribution in [1.29, 1.82) is 0 Å². The Hall–Kier alpha value is -2.24. The fourth-order valence-corrected chi connectivity index (χ4v) is 3.23. The molecular weight excluding hydrogens is 342 g/mol. The standard InChI is InChI=1S/C18H16ClN3OS/c1-12-2-4-13(5-3-12)18-22-15(11-24-18)7-9-21-17(23)14-6-8-20-16(19)10-14/h2-6,8,10-11H,7,9H2,1H3,(H,21,23). The molecule has 1 aromatic carbocycles. The van der Waals surface area contributed by atoms with Crippen molar-refractivity contribution in [3.8, 4) is 10.6 Å². The van der Waals surface area contributed by atoms with Crippen LogP contribution in [-0.2, 0) is 6.42 Å². The lowest BCUT2D eigenvalue weighted by molar-refractivity contribution is 0.0954. The number of pyridine rings is 1. The van der Waals surface area contributed by atoms with E-state index in [-0.39, 0.29) is 5.91 Å². The van der Waals surface area contributed by atoms with Crippen molar-refractivity contribution in [3.05, 3.63) is 69.9 Å². The van der Waals surface area contributed by atoms with Gasteiger partial charge in [0.25, 0.3) is 5.91 Å². The van der Waals surface area contributed by atoms with Gasteiger partial charge in [0.2, 0.25) is 0 Å². The molecule has 0 aliphatic carbocycles. The molecule has 122 valence electrons. The Balaban J connectivity index is 1.56. The van der Waals surface area contributed by atoms with Crippen molar-refractivity contribution in [3.63, 3.8) is 0 Å². The van der Waals surface area contributed by atoms with Crippen LogP contribution >= 0.6 is 22.9 Å². The second-order valence-corrected chi connectivity index (χ2v) is 6.63. The number of carbonyl (C=O) groups is 1. The lowest BCUT2D eigenvalue weighted by Crippen LogP contribution is -2.25. The zero-order valence-electron chi connectivity index (χ0n) is 13.1. The second kappa shape index (κ2) is 7.55. The Morgan fingerprint density at radius 3 is 2.79 bits per heavy atom. The zero-order valence-corrected chi connectivity index (χ0v) is 14.7. The smallest absolute Gasteiger partial charge is 0.251 e. The fraction of sp³-hybridized carbons (Fsp3) is 0.167. The third-order valence-electron chi connectivity index (χ3n) is 3.51. The number of aryl methyl sites for hydroxylation is 1. The molecule has 1 amide bonds. The SMILES string of the molecule is Cc1ccc(-c2nc(CCNC(=O)c3ccnc(Cl)c3)cs2)cc1. The number of halogens is 1. The average Bonchev–Trinajstić information content (AvgIpc) is 3.04. The van der Waals surface area contributed by atoms with Crippen LogP contribution in [0.4, 0.5) is 0 Å². The third-order valence-corrected chi connectivity index (χ3v) is 4.65. The van der Waals surface area contributed by atoms with Crippen molar-refractivity contribution in [2.75, 3.05) is 6.54 Å². The van der Waals surface area contributed by atoms with E-state index in [2.05, 4.69) is 46.5 Å². The molecule has 0 radical (unpaired) electrons. The molecule has 0 saturated heterocycles. The maximum Gasteiger partial charge on any atom is 0.251 e. The van der Waals surface area contributed by atoms with Crippen LogP contribution in [0.25, 0.3) is 10.6 Å². The van der Waals surface area contributed by atoms with E-state index in [1.807, 2.05) is 5.38 Å². The van der Waals surface area contributed by atoms with E-state index in [1.165, 1.54) is 11.8 Å². The highest BCUT2D eigenvalue weighted by atomic mass is 35.5. The molecule has 0 fully saturated rings. The molecule has 3 rings (SSSR count). The van der Waals surface area contributed by atoms with Crippen LogP contribution in [0.5, 0.6) is 0 Å². The van der Waals surface area contributed by atoms with Gasteiger partial charge in [-0.2, -0.15) is 0 Å². The van der Waals surface area contributed by atoms with E-state index in [0.29, 0.717) is 23.7 Å². The summed E-state index contributed by atoms with van der Waals surface area (Å²) in [6.07, 6.45) is 2.21. The summed E-state index contributed by atoms with van der Waals surface area (Å²) in [6.45, 7) is 2.59. The predicted octanol–water partition coefficient (Wildman–Crippen LogP) is 4.14. The number of rotatable bonds is 5. The Bertz CT molecular complexity index is 845. The summed E-state index contributed by atoms with van der Waals surface area (Å²) in [5, 5.41) is 6.21. The first-order chi connectivity index (χ1) is 11.6. The topological polar surface area (TPSA) is 54.9 Å². The summed E-state index contributed by atoms with van der Waals surface area (Å²) in [5.41, 5.74) is 3.83. The van der Waals surface area contributed by atoms with E-state index in [0.717, 1.165) is 16.3 Å². The van der Waals surface area contributed by atoms with E-state index in [9.17, 15) is 4.79 Å². The molecule has 2 aromatic heterocycles. The van der Waals surface area contributed by atoms with Crippen molar-refractivity contribution >= 4 is 28.8 Å². The van der Waals surface area contributed by atoms with Gasteiger partial charge in [0.1, 0.15) is 10.2 Å². The molecule has 0 spiro atoms. The van der Waals surface area contributed by atoms with Gasteiger partial charge in [0.15, 0.2) is 0 Å². The third kappa shape index (κ3) is 4.19. The fourth-order valence-electron chi connectivity index (χ4n) is 2.20. The molecule has 0 atom stereocenters. The first-order valence-electron chi connectivity index (χ1n) is 7.53. The molecule has 0 aliphatic rings. The van der Waals surface area contributed by atoms with Gasteiger partial charge >= 0.3 is 0 Å². The van der Waals surface area contributed by atoms with E-state index in [4.69, 9.17) is 11.6 Å². The lowest BCUT2D eigenvalue weighted by Gasteiger charge is -2.04. The second-order valence-electron chi connectivity index (χ2n) is 5.38. The highest BCUT2D eigenvalue weighted by molar-refractivity contribution is 7.13. The Morgan fingerprint density at radius 2 is 2.04 bits per heavy atom. The molecule has 3 aromatic rings. The Kier molecular flexibility index (Phi) is 5.23. The summed E-state index contributed by atoms with van der Waals surface area (Å²) < 4.78 is 0. The molecule has 2 heterocycles. The summed E-state index contributed by atoms with van der Waals surface area (Å²) in [7, 11) is 0. The van der Waals surface area contributed by atoms with Crippen LogP contribution in [0.2, 0.25) is 5.15 Å². The first-order valence-corrected chi connectivity index (χ1v) is 8.79. The molecule has 0 bridgehead atoms. The van der Waals surface area contributed by atoms with E-state index in [1.54, 1.807) is 23.5 Å². The van der Waals surface area contributed by atoms with Crippen molar-refractivity contribution in [1.82, 2.24) is 15.3 Å². The van der Waals surface area contributed by atoms with Crippen LogP contribution in [0.15, 0.2) is 48.0 Å². The number of carbonyl (C=O) groups excluding carboxylic acids is 1. The monoisotopic (exact) mass is 357 g/mol. The van der Waals surface area contributed by atoms with Gasteiger partial charge in [0, 0.05) is 35.7 Å². The van der Waals surface area contributed by atoms with Gasteiger partial charge in [-0.3, -0.25) is 4.79 Å². The van der Waals surface area contributed by atoms with E-state index < -0.39 is 0 Å². The van der Waals surface area contributed by atoms with Gasteiger partial charge in [-0.15, -0.1) is 11.3 Å². The van der Waals surface area contributed by atoms with Crippen LogP contribution in [0.3, 0.4) is 0 Å². The van der Waals surface area contributed by atoms with Crippen molar-refractivity contribution < 1.29 is 4.79 Å². The first kappa shape index (κ1) is 16.6. The summed E-state index contributed by atoms with van der Waals surface area (Å²) in [5.74, 6) is -0.159. The minimum atomic E-state index is -0.159. The largest absolute Gasteiger partial charge is 0.352 e. The summed E-state index contributed by atoms with van der Waals surface area (Å²) >= 11 is 7.41. The number of hydrogen-bond acceptors (Lipinski definition) is 4.